The molecule has 2 aromatic rings. The molecule has 1 heterocycles. The van der Waals surface area contributed by atoms with Gasteiger partial charge in [-0.25, -0.2) is 9.97 Å². The molecular weight excluding hydrogens is 389 g/mol. The highest BCUT2D eigenvalue weighted by Gasteiger charge is 2.68. The molecule has 1 aromatic heterocycles. The topological polar surface area (TPSA) is 81.2 Å². The predicted molar refractivity (Wildman–Crippen MR) is 100 cm³/mol. The Kier molecular flexibility index (Phi) is 4.56. The molecule has 0 saturated heterocycles. The number of nitrogens with one attached hydrogen (secondary N) is 1. The van der Waals surface area contributed by atoms with Gasteiger partial charge in [0.2, 0.25) is 0 Å². The molecular formula is C19H17Cl2N3O3. The van der Waals surface area contributed by atoms with Crippen LogP contribution in [0, 0.1) is 5.41 Å². The Morgan fingerprint density at radius 1 is 1.15 bits per heavy atom. The Morgan fingerprint density at radius 2 is 1.93 bits per heavy atom. The fourth-order valence-corrected chi connectivity index (χ4v) is 4.54. The van der Waals surface area contributed by atoms with E-state index < -0.39 is 0 Å². The van der Waals surface area contributed by atoms with E-state index in [2.05, 4.69) is 15.3 Å². The number of ether oxygens (including phenoxy) is 1. The van der Waals surface area contributed by atoms with Gasteiger partial charge >= 0.3 is 0 Å². The smallest absolute Gasteiger partial charge is 0.270 e. The molecule has 0 spiro atoms. The minimum absolute atomic E-state index is 0.00000570. The lowest BCUT2D eigenvalue weighted by Gasteiger charge is -2.70. The molecule has 1 N–H and O–H groups in total. The van der Waals surface area contributed by atoms with Gasteiger partial charge in [-0.2, -0.15) is 0 Å². The third-order valence-corrected chi connectivity index (χ3v) is 5.94. The molecule has 0 radical (unpaired) electrons. The van der Waals surface area contributed by atoms with Crippen molar-refractivity contribution in [3.05, 3.63) is 52.5 Å². The molecule has 3 aliphatic carbocycles. The molecule has 1 amide bonds. The molecule has 140 valence electrons. The van der Waals surface area contributed by atoms with Gasteiger partial charge in [-0.15, -0.1) is 0 Å². The summed E-state index contributed by atoms with van der Waals surface area (Å²) >= 11 is 11.8. The van der Waals surface area contributed by atoms with Gasteiger partial charge in [0.25, 0.3) is 5.91 Å². The van der Waals surface area contributed by atoms with Crippen LogP contribution in [0.15, 0.2) is 36.8 Å². The van der Waals surface area contributed by atoms with Crippen molar-refractivity contribution in [1.29, 1.82) is 0 Å². The van der Waals surface area contributed by atoms with Crippen LogP contribution in [0.1, 0.15) is 36.2 Å². The monoisotopic (exact) mass is 405 g/mol. The van der Waals surface area contributed by atoms with E-state index in [9.17, 15) is 9.59 Å². The van der Waals surface area contributed by atoms with Gasteiger partial charge in [0.05, 0.1) is 10.0 Å². The standard InChI is InChI=1S/C19H17Cl2N3O3/c20-14-2-1-13(5-15(14)21)27-7-12(25)6-18-8-19(9-18,10-18)24-17(26)16-3-4-22-11-23-16/h1-5,11H,6-10H2,(H,24,26). The first-order valence-corrected chi connectivity index (χ1v) is 9.33. The van der Waals surface area contributed by atoms with Crippen LogP contribution in [0.4, 0.5) is 0 Å². The van der Waals surface area contributed by atoms with E-state index in [1.165, 1.54) is 12.5 Å². The first-order valence-electron chi connectivity index (χ1n) is 8.57. The van der Waals surface area contributed by atoms with Gasteiger partial charge in [0, 0.05) is 24.2 Å². The van der Waals surface area contributed by atoms with Crippen molar-refractivity contribution in [2.24, 2.45) is 5.41 Å². The molecule has 3 saturated carbocycles. The van der Waals surface area contributed by atoms with E-state index in [4.69, 9.17) is 27.9 Å². The second kappa shape index (κ2) is 6.77. The van der Waals surface area contributed by atoms with Crippen molar-refractivity contribution in [1.82, 2.24) is 15.3 Å². The number of carbonyl (C=O) groups is 2. The van der Waals surface area contributed by atoms with Crippen molar-refractivity contribution >= 4 is 34.9 Å². The van der Waals surface area contributed by atoms with Gasteiger partial charge in [-0.1, -0.05) is 23.2 Å². The van der Waals surface area contributed by atoms with Crippen LogP contribution < -0.4 is 10.1 Å². The molecule has 3 fully saturated rings. The average Bonchev–Trinajstić information content (AvgIpc) is 2.60. The number of hydrogen-bond donors (Lipinski definition) is 1. The number of Topliss-reactive ketones (excluding diaryl/α,β-unsaturated/α-hetero) is 1. The van der Waals surface area contributed by atoms with Crippen LogP contribution in [-0.2, 0) is 4.79 Å². The lowest BCUT2D eigenvalue weighted by atomic mass is 9.38. The summed E-state index contributed by atoms with van der Waals surface area (Å²) in [5, 5.41) is 3.88. The average molecular weight is 406 g/mol. The molecule has 27 heavy (non-hydrogen) atoms. The number of rotatable bonds is 7. The maximum Gasteiger partial charge on any atom is 0.270 e. The minimum Gasteiger partial charge on any atom is -0.486 e. The molecule has 2 bridgehead atoms. The molecule has 0 aliphatic heterocycles. The van der Waals surface area contributed by atoms with E-state index in [-0.39, 0.29) is 29.3 Å². The maximum absolute atomic E-state index is 12.3. The molecule has 0 unspecified atom stereocenters. The van der Waals surface area contributed by atoms with Gasteiger partial charge in [-0.05, 0) is 42.9 Å². The quantitative estimate of drug-likeness (QED) is 0.762. The number of nitrogens with zero attached hydrogens (tertiary/aromatic N) is 2. The summed E-state index contributed by atoms with van der Waals surface area (Å²) in [5.41, 5.74) is 0.166. The number of carbonyl (C=O) groups excluding carboxylic acids is 2. The zero-order valence-electron chi connectivity index (χ0n) is 14.4. The van der Waals surface area contributed by atoms with Crippen LogP contribution in [-0.4, -0.2) is 33.8 Å². The van der Waals surface area contributed by atoms with Crippen LogP contribution in [0.5, 0.6) is 5.75 Å². The van der Waals surface area contributed by atoms with Gasteiger partial charge in [-0.3, -0.25) is 9.59 Å². The Bertz CT molecular complexity index is 885. The highest BCUT2D eigenvalue weighted by molar-refractivity contribution is 6.42. The largest absolute Gasteiger partial charge is 0.486 e. The van der Waals surface area contributed by atoms with E-state index in [1.807, 2.05) is 0 Å². The second-order valence-electron chi connectivity index (χ2n) is 7.44. The lowest BCUT2D eigenvalue weighted by Crippen LogP contribution is -2.75. The zero-order chi connectivity index (χ0) is 19.1. The molecule has 5 rings (SSSR count). The number of halogens is 2. The van der Waals surface area contributed by atoms with Gasteiger partial charge in [0.15, 0.2) is 5.78 Å². The highest BCUT2D eigenvalue weighted by Crippen LogP contribution is 2.69. The molecule has 3 aliphatic rings. The van der Waals surface area contributed by atoms with E-state index >= 15 is 0 Å². The molecule has 6 nitrogen and oxygen atoms in total. The second-order valence-corrected chi connectivity index (χ2v) is 8.25. The van der Waals surface area contributed by atoms with Crippen molar-refractivity contribution in [3.8, 4) is 5.75 Å². The minimum atomic E-state index is -0.194. The van der Waals surface area contributed by atoms with Crippen molar-refractivity contribution in [2.45, 2.75) is 31.2 Å². The molecule has 8 heteroatoms. The summed E-state index contributed by atoms with van der Waals surface area (Å²) in [6, 6.07) is 6.49. The lowest BCUT2D eigenvalue weighted by molar-refractivity contribution is -0.162. The summed E-state index contributed by atoms with van der Waals surface area (Å²) in [6.07, 6.45) is 5.79. The highest BCUT2D eigenvalue weighted by atomic mass is 35.5. The van der Waals surface area contributed by atoms with E-state index in [0.29, 0.717) is 27.9 Å². The van der Waals surface area contributed by atoms with E-state index in [1.54, 1.807) is 24.3 Å². The SMILES string of the molecule is O=C(COc1ccc(Cl)c(Cl)c1)CC12CC(NC(=O)c3ccncn3)(C1)C2. The predicted octanol–water partition coefficient (Wildman–Crippen LogP) is 3.47. The summed E-state index contributed by atoms with van der Waals surface area (Å²) in [6.45, 7) is 0.00000570. The molecule has 1 aromatic carbocycles. The van der Waals surface area contributed by atoms with Crippen LogP contribution >= 0.6 is 23.2 Å². The fraction of sp³-hybridized carbons (Fsp3) is 0.368. The van der Waals surface area contributed by atoms with Gasteiger partial charge < -0.3 is 10.1 Å². The summed E-state index contributed by atoms with van der Waals surface area (Å²) in [4.78, 5) is 32.2. The number of aromatic nitrogens is 2. The van der Waals surface area contributed by atoms with Crippen LogP contribution in [0.2, 0.25) is 10.0 Å². The summed E-state index contributed by atoms with van der Waals surface area (Å²) in [7, 11) is 0. The Morgan fingerprint density at radius 3 is 2.59 bits per heavy atom. The van der Waals surface area contributed by atoms with Crippen molar-refractivity contribution in [2.75, 3.05) is 6.61 Å². The number of ketones is 1. The Hall–Kier alpha value is -2.18. The fourth-order valence-electron chi connectivity index (χ4n) is 4.25. The Labute approximate surface area is 166 Å². The summed E-state index contributed by atoms with van der Waals surface area (Å²) < 4.78 is 5.51. The third-order valence-electron chi connectivity index (χ3n) is 5.20. The van der Waals surface area contributed by atoms with Crippen molar-refractivity contribution < 1.29 is 14.3 Å². The van der Waals surface area contributed by atoms with Gasteiger partial charge in [0.1, 0.15) is 24.4 Å². The number of hydrogen-bond acceptors (Lipinski definition) is 5. The Balaban J connectivity index is 1.24. The normalized spacial score (nSPS) is 25.1. The van der Waals surface area contributed by atoms with Crippen LogP contribution in [0.25, 0.3) is 0 Å². The summed E-state index contributed by atoms with van der Waals surface area (Å²) in [5.74, 6) is 0.361. The number of amides is 1. The first-order chi connectivity index (χ1) is 12.9. The maximum atomic E-state index is 12.3. The number of benzene rings is 1. The first kappa shape index (κ1) is 18.2. The zero-order valence-corrected chi connectivity index (χ0v) is 15.9. The third kappa shape index (κ3) is 3.64. The van der Waals surface area contributed by atoms with E-state index in [0.717, 1.165) is 19.3 Å². The van der Waals surface area contributed by atoms with Crippen LogP contribution in [0.3, 0.4) is 0 Å². The van der Waals surface area contributed by atoms with Crippen molar-refractivity contribution in [3.63, 3.8) is 0 Å². The molecule has 0 atom stereocenters.